The van der Waals surface area contributed by atoms with Gasteiger partial charge in [-0.1, -0.05) is 46.3 Å². The molecule has 0 aromatic rings. The molecular weight excluding hydrogens is 202 g/mol. The van der Waals surface area contributed by atoms with E-state index >= 15 is 0 Å². The van der Waals surface area contributed by atoms with Crippen molar-refractivity contribution in [1.29, 1.82) is 0 Å². The SMILES string of the molecule is C=C(C[C@@H]1OC(=O)N[C@H]1C(C)CC)C(C)C. The molecule has 0 aromatic carbocycles. The number of nitrogens with one attached hydrogen (secondary N) is 1. The first-order valence-corrected chi connectivity index (χ1v) is 6.10. The lowest BCUT2D eigenvalue weighted by molar-refractivity contribution is 0.122. The third-order valence-electron chi connectivity index (χ3n) is 3.48. The highest BCUT2D eigenvalue weighted by Gasteiger charge is 2.37. The molecule has 1 unspecified atom stereocenters. The second kappa shape index (κ2) is 5.37. The van der Waals surface area contributed by atoms with Gasteiger partial charge in [0.1, 0.15) is 6.10 Å². The van der Waals surface area contributed by atoms with Gasteiger partial charge in [-0.15, -0.1) is 0 Å². The Hall–Kier alpha value is -0.990. The molecule has 1 aliphatic heterocycles. The van der Waals surface area contributed by atoms with E-state index in [2.05, 4.69) is 39.6 Å². The number of amides is 1. The lowest BCUT2D eigenvalue weighted by Gasteiger charge is -2.23. The predicted molar refractivity (Wildman–Crippen MR) is 65.2 cm³/mol. The quantitative estimate of drug-likeness (QED) is 0.730. The monoisotopic (exact) mass is 225 g/mol. The zero-order valence-electron chi connectivity index (χ0n) is 10.7. The highest BCUT2D eigenvalue weighted by atomic mass is 16.6. The largest absolute Gasteiger partial charge is 0.444 e. The Balaban J connectivity index is 2.63. The van der Waals surface area contributed by atoms with Gasteiger partial charge in [0.2, 0.25) is 0 Å². The number of ether oxygens (including phenoxy) is 1. The maximum Gasteiger partial charge on any atom is 0.407 e. The van der Waals surface area contributed by atoms with Gasteiger partial charge in [-0.2, -0.15) is 0 Å². The smallest absolute Gasteiger partial charge is 0.407 e. The zero-order valence-corrected chi connectivity index (χ0v) is 10.7. The van der Waals surface area contributed by atoms with E-state index in [4.69, 9.17) is 4.74 Å². The van der Waals surface area contributed by atoms with Gasteiger partial charge in [0.15, 0.2) is 0 Å². The summed E-state index contributed by atoms with van der Waals surface area (Å²) >= 11 is 0. The molecule has 1 amide bonds. The van der Waals surface area contributed by atoms with E-state index in [1.807, 2.05) is 0 Å². The van der Waals surface area contributed by atoms with Crippen LogP contribution < -0.4 is 5.32 Å². The normalized spacial score (nSPS) is 26.4. The Morgan fingerprint density at radius 1 is 1.50 bits per heavy atom. The summed E-state index contributed by atoms with van der Waals surface area (Å²) in [5, 5.41) is 2.90. The Morgan fingerprint density at radius 3 is 2.62 bits per heavy atom. The lowest BCUT2D eigenvalue weighted by atomic mass is 9.89. The fourth-order valence-corrected chi connectivity index (χ4v) is 1.90. The molecule has 0 radical (unpaired) electrons. The van der Waals surface area contributed by atoms with Crippen molar-refractivity contribution < 1.29 is 9.53 Å². The van der Waals surface area contributed by atoms with E-state index in [9.17, 15) is 4.79 Å². The summed E-state index contributed by atoms with van der Waals surface area (Å²) in [5.41, 5.74) is 1.15. The van der Waals surface area contributed by atoms with Gasteiger partial charge in [-0.05, 0) is 11.8 Å². The molecule has 0 spiro atoms. The van der Waals surface area contributed by atoms with Gasteiger partial charge in [0, 0.05) is 6.42 Å². The van der Waals surface area contributed by atoms with Crippen LogP contribution >= 0.6 is 0 Å². The first kappa shape index (κ1) is 13.1. The van der Waals surface area contributed by atoms with Crippen LogP contribution in [0.15, 0.2) is 12.2 Å². The van der Waals surface area contributed by atoms with Crippen molar-refractivity contribution >= 4 is 6.09 Å². The summed E-state index contributed by atoms with van der Waals surface area (Å²) in [6, 6.07) is 0.132. The summed E-state index contributed by atoms with van der Waals surface area (Å²) in [7, 11) is 0. The van der Waals surface area contributed by atoms with E-state index in [-0.39, 0.29) is 18.2 Å². The van der Waals surface area contributed by atoms with Crippen LogP contribution in [0.1, 0.15) is 40.5 Å². The molecule has 1 rings (SSSR count). The van der Waals surface area contributed by atoms with Gasteiger partial charge in [0.25, 0.3) is 0 Å². The van der Waals surface area contributed by atoms with Crippen LogP contribution in [0.4, 0.5) is 4.79 Å². The molecule has 92 valence electrons. The Bertz CT molecular complexity index is 273. The third-order valence-corrected chi connectivity index (χ3v) is 3.48. The van der Waals surface area contributed by atoms with Crippen molar-refractivity contribution in [1.82, 2.24) is 5.32 Å². The van der Waals surface area contributed by atoms with Crippen LogP contribution in [-0.4, -0.2) is 18.2 Å². The molecule has 0 saturated carbocycles. The lowest BCUT2D eigenvalue weighted by Crippen LogP contribution is -2.37. The van der Waals surface area contributed by atoms with Crippen molar-refractivity contribution in [3.8, 4) is 0 Å². The minimum Gasteiger partial charge on any atom is -0.444 e. The molecule has 3 nitrogen and oxygen atoms in total. The number of rotatable bonds is 5. The predicted octanol–water partition coefficient (Wildman–Crippen LogP) is 3.11. The second-order valence-corrected chi connectivity index (χ2v) is 5.02. The molecule has 1 saturated heterocycles. The number of hydrogen-bond donors (Lipinski definition) is 1. The van der Waals surface area contributed by atoms with E-state index in [1.54, 1.807) is 0 Å². The van der Waals surface area contributed by atoms with Crippen LogP contribution in [0.5, 0.6) is 0 Å². The minimum atomic E-state index is -0.285. The van der Waals surface area contributed by atoms with E-state index < -0.39 is 0 Å². The number of carbonyl (C=O) groups excluding carboxylic acids is 1. The van der Waals surface area contributed by atoms with Crippen molar-refractivity contribution in [2.24, 2.45) is 11.8 Å². The molecule has 0 aliphatic carbocycles. The van der Waals surface area contributed by atoms with Crippen LogP contribution in [-0.2, 0) is 4.74 Å². The first-order chi connectivity index (χ1) is 7.45. The molecule has 3 atom stereocenters. The van der Waals surface area contributed by atoms with Crippen LogP contribution in [0.3, 0.4) is 0 Å². The standard InChI is InChI=1S/C13H23NO2/c1-6-9(4)12-11(16-13(15)14-12)7-10(5)8(2)3/h8-9,11-12H,5-7H2,1-4H3,(H,14,15)/t9?,11-,12-/m0/s1. The number of hydrogen-bond acceptors (Lipinski definition) is 2. The summed E-state index contributed by atoms with van der Waals surface area (Å²) < 4.78 is 5.31. The minimum absolute atomic E-state index is 0.0441. The van der Waals surface area contributed by atoms with Crippen LogP contribution in [0.25, 0.3) is 0 Å². The van der Waals surface area contributed by atoms with E-state index in [1.165, 1.54) is 0 Å². The summed E-state index contributed by atoms with van der Waals surface area (Å²) in [6.07, 6.45) is 1.48. The summed E-state index contributed by atoms with van der Waals surface area (Å²) in [5.74, 6) is 0.883. The number of cyclic esters (lactones) is 1. The van der Waals surface area contributed by atoms with Crippen molar-refractivity contribution in [3.63, 3.8) is 0 Å². The summed E-state index contributed by atoms with van der Waals surface area (Å²) in [6.45, 7) is 12.5. The van der Waals surface area contributed by atoms with Crippen molar-refractivity contribution in [2.45, 2.75) is 52.7 Å². The fraction of sp³-hybridized carbons (Fsp3) is 0.769. The Kier molecular flexibility index (Phi) is 4.39. The first-order valence-electron chi connectivity index (χ1n) is 6.10. The van der Waals surface area contributed by atoms with Crippen LogP contribution in [0.2, 0.25) is 0 Å². The number of alkyl carbamates (subject to hydrolysis) is 1. The van der Waals surface area contributed by atoms with Gasteiger partial charge in [-0.25, -0.2) is 4.79 Å². The molecule has 0 aromatic heterocycles. The van der Waals surface area contributed by atoms with Crippen molar-refractivity contribution in [3.05, 3.63) is 12.2 Å². The third kappa shape index (κ3) is 3.00. The molecular formula is C13H23NO2. The Morgan fingerprint density at radius 2 is 2.12 bits per heavy atom. The Labute approximate surface area is 98.2 Å². The average Bonchev–Trinajstić information content (AvgIpc) is 2.58. The van der Waals surface area contributed by atoms with E-state index in [0.29, 0.717) is 11.8 Å². The van der Waals surface area contributed by atoms with Gasteiger partial charge in [-0.3, -0.25) is 0 Å². The van der Waals surface area contributed by atoms with E-state index in [0.717, 1.165) is 18.4 Å². The highest BCUT2D eigenvalue weighted by Crippen LogP contribution is 2.25. The molecule has 1 fully saturated rings. The molecule has 1 heterocycles. The highest BCUT2D eigenvalue weighted by molar-refractivity contribution is 5.70. The van der Waals surface area contributed by atoms with Gasteiger partial charge >= 0.3 is 6.09 Å². The maximum atomic E-state index is 11.3. The average molecular weight is 225 g/mol. The topological polar surface area (TPSA) is 38.3 Å². The van der Waals surface area contributed by atoms with Gasteiger partial charge in [0.05, 0.1) is 6.04 Å². The second-order valence-electron chi connectivity index (χ2n) is 5.02. The van der Waals surface area contributed by atoms with Crippen molar-refractivity contribution in [2.75, 3.05) is 0 Å². The maximum absolute atomic E-state index is 11.3. The molecule has 1 aliphatic rings. The molecule has 1 N–H and O–H groups in total. The van der Waals surface area contributed by atoms with Crippen LogP contribution in [0, 0.1) is 11.8 Å². The number of carbonyl (C=O) groups is 1. The molecule has 0 bridgehead atoms. The summed E-state index contributed by atoms with van der Waals surface area (Å²) in [4.78, 5) is 11.3. The molecule has 16 heavy (non-hydrogen) atoms. The molecule has 3 heteroatoms. The fourth-order valence-electron chi connectivity index (χ4n) is 1.90. The van der Waals surface area contributed by atoms with Gasteiger partial charge < -0.3 is 10.1 Å². The zero-order chi connectivity index (χ0) is 12.3.